The van der Waals surface area contributed by atoms with Crippen molar-refractivity contribution in [2.45, 2.75) is 44.9 Å². The molecule has 2 aromatic heterocycles. The molecule has 7 nitrogen and oxygen atoms in total. The van der Waals surface area contributed by atoms with Crippen LogP contribution in [0.5, 0.6) is 0 Å². The lowest BCUT2D eigenvalue weighted by Crippen LogP contribution is -2.41. The largest absolute Gasteiger partial charge is 0.458 e. The maximum atomic E-state index is 12.7. The number of carbonyl (C=O) groups is 1. The number of esters is 1. The SMILES string of the molecule is CC(C)(C)OC(=O)[C@@H]1C[C@H](O)CN1c1nc(Br)nc2c1oc1ccccc12. The number of hydrogen-bond donors (Lipinski definition) is 1. The Labute approximate surface area is 164 Å². The van der Waals surface area contributed by atoms with Gasteiger partial charge < -0.3 is 19.2 Å². The fraction of sp³-hybridized carbons (Fsp3) is 0.421. The van der Waals surface area contributed by atoms with Crippen molar-refractivity contribution in [3.05, 3.63) is 29.0 Å². The van der Waals surface area contributed by atoms with Crippen molar-refractivity contribution in [2.24, 2.45) is 0 Å². The number of carbonyl (C=O) groups excluding carboxylic acids is 1. The fourth-order valence-electron chi connectivity index (χ4n) is 3.39. The topological polar surface area (TPSA) is 88.7 Å². The van der Waals surface area contributed by atoms with Gasteiger partial charge in [-0.05, 0) is 48.8 Å². The molecule has 1 fully saturated rings. The highest BCUT2D eigenvalue weighted by molar-refractivity contribution is 9.10. The van der Waals surface area contributed by atoms with E-state index in [1.807, 2.05) is 45.0 Å². The number of hydrogen-bond acceptors (Lipinski definition) is 7. The number of fused-ring (bicyclic) bond motifs is 3. The van der Waals surface area contributed by atoms with Crippen LogP contribution in [0.15, 0.2) is 33.4 Å². The molecule has 0 unspecified atom stereocenters. The lowest BCUT2D eigenvalue weighted by atomic mass is 10.1. The number of aliphatic hydroxyl groups is 1. The van der Waals surface area contributed by atoms with Gasteiger partial charge in [-0.3, -0.25) is 0 Å². The highest BCUT2D eigenvalue weighted by atomic mass is 79.9. The second-order valence-corrected chi connectivity index (χ2v) is 8.39. The first-order chi connectivity index (χ1) is 12.7. The normalized spacial score (nSPS) is 20.6. The Balaban J connectivity index is 1.83. The summed E-state index contributed by atoms with van der Waals surface area (Å²) in [5.41, 5.74) is 1.22. The van der Waals surface area contributed by atoms with Crippen LogP contribution in [0.2, 0.25) is 0 Å². The minimum atomic E-state index is -0.657. The number of nitrogens with zero attached hydrogens (tertiary/aromatic N) is 3. The molecule has 1 aromatic carbocycles. The van der Waals surface area contributed by atoms with E-state index in [9.17, 15) is 9.90 Å². The number of para-hydroxylation sites is 1. The van der Waals surface area contributed by atoms with E-state index in [-0.39, 0.29) is 13.0 Å². The van der Waals surface area contributed by atoms with Crippen LogP contribution in [0, 0.1) is 0 Å². The number of halogens is 1. The Morgan fingerprint density at radius 1 is 1.33 bits per heavy atom. The van der Waals surface area contributed by atoms with Crippen LogP contribution in [-0.2, 0) is 9.53 Å². The van der Waals surface area contributed by atoms with E-state index in [4.69, 9.17) is 9.15 Å². The first-order valence-electron chi connectivity index (χ1n) is 8.75. The van der Waals surface area contributed by atoms with Gasteiger partial charge >= 0.3 is 5.97 Å². The Kier molecular flexibility index (Phi) is 4.35. The number of β-amino-alcohol motifs (C(OH)–C–C–N with tert-alkyl or cyclic N) is 1. The lowest BCUT2D eigenvalue weighted by molar-refractivity contribution is -0.156. The third-order valence-corrected chi connectivity index (χ3v) is 4.76. The molecule has 0 aliphatic carbocycles. The maximum Gasteiger partial charge on any atom is 0.329 e. The summed E-state index contributed by atoms with van der Waals surface area (Å²) in [7, 11) is 0. The lowest BCUT2D eigenvalue weighted by Gasteiger charge is -2.27. The van der Waals surface area contributed by atoms with Crippen molar-refractivity contribution in [3.8, 4) is 0 Å². The summed E-state index contributed by atoms with van der Waals surface area (Å²) >= 11 is 3.35. The number of anilines is 1. The fourth-order valence-corrected chi connectivity index (χ4v) is 3.73. The van der Waals surface area contributed by atoms with Crippen LogP contribution in [-0.4, -0.2) is 45.3 Å². The molecule has 1 aliphatic heterocycles. The van der Waals surface area contributed by atoms with E-state index >= 15 is 0 Å². The van der Waals surface area contributed by atoms with Gasteiger partial charge in [-0.1, -0.05) is 12.1 Å². The molecule has 3 heterocycles. The summed E-state index contributed by atoms with van der Waals surface area (Å²) in [5, 5.41) is 11.1. The molecule has 4 rings (SSSR count). The standard InChI is InChI=1S/C19H20BrN3O4/c1-19(2,3)27-17(25)12-8-10(24)9-23(12)16-15-14(21-18(20)22-16)11-6-4-5-7-13(11)26-15/h4-7,10,12,24H,8-9H2,1-3H3/t10-,12-/m0/s1. The van der Waals surface area contributed by atoms with Crippen LogP contribution in [0.1, 0.15) is 27.2 Å². The second kappa shape index (κ2) is 6.45. The Morgan fingerprint density at radius 2 is 2.07 bits per heavy atom. The summed E-state index contributed by atoms with van der Waals surface area (Å²) in [5.74, 6) is 0.0773. The number of aromatic nitrogens is 2. The molecule has 0 saturated carbocycles. The molecular weight excluding hydrogens is 414 g/mol. The van der Waals surface area contributed by atoms with Crippen LogP contribution in [0.4, 0.5) is 5.82 Å². The molecule has 0 bridgehead atoms. The molecule has 8 heteroatoms. The van der Waals surface area contributed by atoms with Crippen molar-refractivity contribution in [1.29, 1.82) is 0 Å². The molecule has 2 atom stereocenters. The zero-order chi connectivity index (χ0) is 19.3. The van der Waals surface area contributed by atoms with E-state index in [1.54, 1.807) is 4.90 Å². The van der Waals surface area contributed by atoms with Gasteiger partial charge in [0.05, 0.1) is 6.10 Å². The molecule has 1 saturated heterocycles. The highest BCUT2D eigenvalue weighted by Crippen LogP contribution is 2.37. The molecule has 0 radical (unpaired) electrons. The van der Waals surface area contributed by atoms with Gasteiger partial charge in [-0.2, -0.15) is 0 Å². The molecule has 27 heavy (non-hydrogen) atoms. The van der Waals surface area contributed by atoms with E-state index in [1.165, 1.54) is 0 Å². The summed E-state index contributed by atoms with van der Waals surface area (Å²) in [6.07, 6.45) is -0.381. The zero-order valence-electron chi connectivity index (χ0n) is 15.3. The van der Waals surface area contributed by atoms with Crippen molar-refractivity contribution in [2.75, 3.05) is 11.4 Å². The first-order valence-corrected chi connectivity index (χ1v) is 9.54. The molecular formula is C19H20BrN3O4. The van der Waals surface area contributed by atoms with E-state index in [2.05, 4.69) is 25.9 Å². The smallest absolute Gasteiger partial charge is 0.329 e. The van der Waals surface area contributed by atoms with Gasteiger partial charge in [0.25, 0.3) is 0 Å². The Morgan fingerprint density at radius 3 is 2.81 bits per heavy atom. The van der Waals surface area contributed by atoms with Gasteiger partial charge in [-0.25, -0.2) is 14.8 Å². The predicted molar refractivity (Wildman–Crippen MR) is 105 cm³/mol. The number of benzene rings is 1. The zero-order valence-corrected chi connectivity index (χ0v) is 16.9. The van der Waals surface area contributed by atoms with Gasteiger partial charge in [0, 0.05) is 18.4 Å². The van der Waals surface area contributed by atoms with Crippen LogP contribution < -0.4 is 4.90 Å². The van der Waals surface area contributed by atoms with Crippen molar-refractivity contribution in [3.63, 3.8) is 0 Å². The minimum absolute atomic E-state index is 0.263. The van der Waals surface area contributed by atoms with Gasteiger partial charge in [-0.15, -0.1) is 0 Å². The van der Waals surface area contributed by atoms with Gasteiger partial charge in [0.15, 0.2) is 16.1 Å². The van der Waals surface area contributed by atoms with Crippen molar-refractivity contribution >= 4 is 49.8 Å². The monoisotopic (exact) mass is 433 g/mol. The van der Waals surface area contributed by atoms with Crippen molar-refractivity contribution < 1.29 is 19.1 Å². The third-order valence-electron chi connectivity index (χ3n) is 4.40. The van der Waals surface area contributed by atoms with E-state index in [0.29, 0.717) is 27.2 Å². The first kappa shape index (κ1) is 18.2. The minimum Gasteiger partial charge on any atom is -0.458 e. The predicted octanol–water partition coefficient (Wildman–Crippen LogP) is 3.42. The summed E-state index contributed by atoms with van der Waals surface area (Å²) < 4.78 is 11.9. The molecule has 1 N–H and O–H groups in total. The van der Waals surface area contributed by atoms with Crippen LogP contribution >= 0.6 is 15.9 Å². The molecule has 0 amide bonds. The van der Waals surface area contributed by atoms with E-state index in [0.717, 1.165) is 5.39 Å². The molecule has 142 valence electrons. The maximum absolute atomic E-state index is 12.7. The second-order valence-electron chi connectivity index (χ2n) is 7.68. The molecule has 3 aromatic rings. The van der Waals surface area contributed by atoms with Crippen LogP contribution in [0.25, 0.3) is 22.1 Å². The van der Waals surface area contributed by atoms with E-state index < -0.39 is 23.7 Å². The average Bonchev–Trinajstić information content (AvgIpc) is 3.13. The van der Waals surface area contributed by atoms with Crippen molar-refractivity contribution in [1.82, 2.24) is 9.97 Å². The highest BCUT2D eigenvalue weighted by Gasteiger charge is 2.40. The van der Waals surface area contributed by atoms with Crippen LogP contribution in [0.3, 0.4) is 0 Å². The molecule has 0 spiro atoms. The average molecular weight is 434 g/mol. The number of furan rings is 1. The summed E-state index contributed by atoms with van der Waals surface area (Å²) in [6.45, 7) is 5.72. The number of rotatable bonds is 2. The van der Waals surface area contributed by atoms with Gasteiger partial charge in [0.1, 0.15) is 22.7 Å². The quantitative estimate of drug-likeness (QED) is 0.489. The number of ether oxygens (including phenoxy) is 1. The Hall–Kier alpha value is -2.19. The third kappa shape index (κ3) is 3.39. The summed E-state index contributed by atoms with van der Waals surface area (Å²) in [6, 6.07) is 6.94. The summed E-state index contributed by atoms with van der Waals surface area (Å²) in [4.78, 5) is 23.4. The number of aliphatic hydroxyl groups excluding tert-OH is 1. The van der Waals surface area contributed by atoms with Gasteiger partial charge in [0.2, 0.25) is 0 Å². The molecule has 1 aliphatic rings. The Bertz CT molecular complexity index is 1030.